The largest absolute Gasteiger partial charge is 0.372 e. The highest BCUT2D eigenvalue weighted by Crippen LogP contribution is 2.25. The minimum atomic E-state index is -0.475. The molecular formula is C12H16FN5O. The fraction of sp³-hybridized carbons (Fsp3) is 0.583. The van der Waals surface area contributed by atoms with Gasteiger partial charge >= 0.3 is 0 Å². The van der Waals surface area contributed by atoms with Crippen molar-refractivity contribution in [3.8, 4) is 0 Å². The molecule has 0 radical (unpaired) electrons. The van der Waals surface area contributed by atoms with E-state index in [9.17, 15) is 4.39 Å². The molecule has 0 bridgehead atoms. The number of morpholine rings is 1. The number of alkyl halides is 1. The quantitative estimate of drug-likeness (QED) is 0.805. The Labute approximate surface area is 110 Å². The maximum Gasteiger partial charge on any atom is 0.163 e. The lowest BCUT2D eigenvalue weighted by Gasteiger charge is -2.32. The Hall–Kier alpha value is -1.76. The number of aromatic nitrogens is 4. The van der Waals surface area contributed by atoms with Crippen LogP contribution in [-0.2, 0) is 11.8 Å². The van der Waals surface area contributed by atoms with Crippen molar-refractivity contribution < 1.29 is 9.13 Å². The van der Waals surface area contributed by atoms with Crippen molar-refractivity contribution in [3.05, 3.63) is 12.0 Å². The molecule has 0 saturated carbocycles. The molecule has 102 valence electrons. The molecule has 1 saturated heterocycles. The minimum absolute atomic E-state index is 0.379. The molecule has 1 unspecified atom stereocenters. The molecule has 1 fully saturated rings. The molecule has 0 aliphatic carbocycles. The third-order valence-electron chi connectivity index (χ3n) is 3.29. The first-order valence-electron chi connectivity index (χ1n) is 6.28. The van der Waals surface area contributed by atoms with Gasteiger partial charge in [0, 0.05) is 20.1 Å². The summed E-state index contributed by atoms with van der Waals surface area (Å²) in [7, 11) is 1.85. The summed E-state index contributed by atoms with van der Waals surface area (Å²) in [5.41, 5.74) is 0.797. The first kappa shape index (κ1) is 12.3. The number of aryl methyl sites for hydroxylation is 2. The Morgan fingerprint density at radius 2 is 2.32 bits per heavy atom. The van der Waals surface area contributed by atoms with Crippen molar-refractivity contribution in [2.75, 3.05) is 31.3 Å². The number of rotatable bonds is 2. The second kappa shape index (κ2) is 4.73. The van der Waals surface area contributed by atoms with E-state index in [4.69, 9.17) is 4.74 Å². The Morgan fingerprint density at radius 1 is 1.47 bits per heavy atom. The van der Waals surface area contributed by atoms with Crippen molar-refractivity contribution in [2.24, 2.45) is 7.05 Å². The van der Waals surface area contributed by atoms with Crippen molar-refractivity contribution in [2.45, 2.75) is 13.0 Å². The molecule has 7 heteroatoms. The van der Waals surface area contributed by atoms with E-state index in [-0.39, 0.29) is 6.10 Å². The third kappa shape index (κ3) is 2.14. The van der Waals surface area contributed by atoms with Gasteiger partial charge in [0.1, 0.15) is 24.4 Å². The second-order valence-corrected chi connectivity index (χ2v) is 4.69. The van der Waals surface area contributed by atoms with E-state index < -0.39 is 6.67 Å². The predicted octanol–water partition coefficient (Wildman–Crippen LogP) is 0.846. The molecule has 1 atom stereocenters. The zero-order chi connectivity index (χ0) is 13.4. The molecule has 1 aliphatic rings. The van der Waals surface area contributed by atoms with Gasteiger partial charge in [-0.15, -0.1) is 0 Å². The third-order valence-corrected chi connectivity index (χ3v) is 3.29. The van der Waals surface area contributed by atoms with Crippen LogP contribution < -0.4 is 4.90 Å². The number of hydrogen-bond acceptors (Lipinski definition) is 5. The van der Waals surface area contributed by atoms with E-state index in [2.05, 4.69) is 15.1 Å². The lowest BCUT2D eigenvalue weighted by atomic mass is 10.2. The van der Waals surface area contributed by atoms with E-state index in [1.165, 1.54) is 0 Å². The molecule has 6 nitrogen and oxygen atoms in total. The molecule has 19 heavy (non-hydrogen) atoms. The Bertz CT molecular complexity index is 599. The van der Waals surface area contributed by atoms with Gasteiger partial charge in [-0.25, -0.2) is 14.4 Å². The van der Waals surface area contributed by atoms with Crippen LogP contribution in [0.3, 0.4) is 0 Å². The fourth-order valence-electron chi connectivity index (χ4n) is 2.36. The van der Waals surface area contributed by atoms with Crippen LogP contribution in [0, 0.1) is 6.92 Å². The SMILES string of the molecule is Cc1nc(N2CCOC(CF)C2)c2cnn(C)c2n1. The van der Waals surface area contributed by atoms with Crippen LogP contribution in [0.1, 0.15) is 5.82 Å². The molecule has 1 aliphatic heterocycles. The lowest BCUT2D eigenvalue weighted by molar-refractivity contribution is 0.0245. The first-order valence-corrected chi connectivity index (χ1v) is 6.28. The molecule has 3 heterocycles. The van der Waals surface area contributed by atoms with Crippen LogP contribution in [0.2, 0.25) is 0 Å². The lowest BCUT2D eigenvalue weighted by Crippen LogP contribution is -2.44. The molecule has 0 spiro atoms. The Kier molecular flexibility index (Phi) is 3.06. The number of fused-ring (bicyclic) bond motifs is 1. The molecule has 0 amide bonds. The predicted molar refractivity (Wildman–Crippen MR) is 69.0 cm³/mol. The zero-order valence-corrected chi connectivity index (χ0v) is 11.0. The van der Waals surface area contributed by atoms with Crippen molar-refractivity contribution in [3.63, 3.8) is 0 Å². The summed E-state index contributed by atoms with van der Waals surface area (Å²) in [6, 6.07) is 0. The number of halogens is 1. The highest BCUT2D eigenvalue weighted by atomic mass is 19.1. The fourth-order valence-corrected chi connectivity index (χ4v) is 2.36. The van der Waals surface area contributed by atoms with Gasteiger partial charge in [0.05, 0.1) is 18.2 Å². The van der Waals surface area contributed by atoms with Crippen LogP contribution in [0.15, 0.2) is 6.20 Å². The van der Waals surface area contributed by atoms with Crippen LogP contribution in [0.4, 0.5) is 10.2 Å². The summed E-state index contributed by atoms with van der Waals surface area (Å²) in [5.74, 6) is 1.51. The van der Waals surface area contributed by atoms with E-state index in [1.807, 2.05) is 18.9 Å². The van der Waals surface area contributed by atoms with Crippen molar-refractivity contribution >= 4 is 16.9 Å². The van der Waals surface area contributed by atoms with E-state index in [1.54, 1.807) is 10.9 Å². The second-order valence-electron chi connectivity index (χ2n) is 4.69. The number of hydrogen-bond donors (Lipinski definition) is 0. The van der Waals surface area contributed by atoms with Gasteiger partial charge in [-0.2, -0.15) is 5.10 Å². The normalized spacial score (nSPS) is 20.2. The highest BCUT2D eigenvalue weighted by molar-refractivity contribution is 5.87. The number of anilines is 1. The topological polar surface area (TPSA) is 56.1 Å². The van der Waals surface area contributed by atoms with Gasteiger partial charge < -0.3 is 9.64 Å². The standard InChI is InChI=1S/C12H16FN5O/c1-8-15-11-10(6-14-17(11)2)12(16-8)18-3-4-19-9(5-13)7-18/h6,9H,3-5,7H2,1-2H3. The monoisotopic (exact) mass is 265 g/mol. The van der Waals surface area contributed by atoms with Crippen LogP contribution in [0.5, 0.6) is 0 Å². The van der Waals surface area contributed by atoms with Gasteiger partial charge in [-0.1, -0.05) is 0 Å². The molecule has 2 aromatic heterocycles. The molecule has 3 rings (SSSR count). The van der Waals surface area contributed by atoms with Gasteiger partial charge in [0.25, 0.3) is 0 Å². The number of nitrogens with zero attached hydrogens (tertiary/aromatic N) is 5. The summed E-state index contributed by atoms with van der Waals surface area (Å²) >= 11 is 0. The van der Waals surface area contributed by atoms with E-state index in [0.29, 0.717) is 25.5 Å². The average molecular weight is 265 g/mol. The zero-order valence-electron chi connectivity index (χ0n) is 11.0. The summed E-state index contributed by atoms with van der Waals surface area (Å²) in [6.45, 7) is 3.10. The Morgan fingerprint density at radius 3 is 3.11 bits per heavy atom. The summed E-state index contributed by atoms with van der Waals surface area (Å²) in [6.07, 6.45) is 1.38. The Balaban J connectivity index is 2.04. The minimum Gasteiger partial charge on any atom is -0.372 e. The van der Waals surface area contributed by atoms with Crippen LogP contribution >= 0.6 is 0 Å². The molecule has 0 aromatic carbocycles. The maximum atomic E-state index is 12.8. The van der Waals surface area contributed by atoms with Gasteiger partial charge in [0.15, 0.2) is 5.65 Å². The molecular weight excluding hydrogens is 249 g/mol. The van der Waals surface area contributed by atoms with Crippen LogP contribution in [0.25, 0.3) is 11.0 Å². The number of ether oxygens (including phenoxy) is 1. The smallest absolute Gasteiger partial charge is 0.163 e. The summed E-state index contributed by atoms with van der Waals surface area (Å²) in [4.78, 5) is 10.9. The van der Waals surface area contributed by atoms with E-state index >= 15 is 0 Å². The maximum absolute atomic E-state index is 12.8. The summed E-state index contributed by atoms with van der Waals surface area (Å²) in [5, 5.41) is 5.11. The van der Waals surface area contributed by atoms with Gasteiger partial charge in [-0.3, -0.25) is 4.68 Å². The van der Waals surface area contributed by atoms with Gasteiger partial charge in [-0.05, 0) is 6.92 Å². The van der Waals surface area contributed by atoms with Crippen LogP contribution in [-0.4, -0.2) is 52.2 Å². The first-order chi connectivity index (χ1) is 9.19. The van der Waals surface area contributed by atoms with Crippen molar-refractivity contribution in [1.82, 2.24) is 19.7 Å². The van der Waals surface area contributed by atoms with E-state index in [0.717, 1.165) is 16.9 Å². The highest BCUT2D eigenvalue weighted by Gasteiger charge is 2.24. The van der Waals surface area contributed by atoms with Crippen molar-refractivity contribution in [1.29, 1.82) is 0 Å². The average Bonchev–Trinajstić information content (AvgIpc) is 2.80. The molecule has 0 N–H and O–H groups in total. The van der Waals surface area contributed by atoms with Gasteiger partial charge in [0.2, 0.25) is 0 Å². The molecule has 2 aromatic rings. The summed E-state index contributed by atoms with van der Waals surface area (Å²) < 4.78 is 19.8.